The molecule has 0 aliphatic heterocycles. The van der Waals surface area contributed by atoms with E-state index in [0.29, 0.717) is 43.4 Å². The van der Waals surface area contributed by atoms with Gasteiger partial charge in [0.25, 0.3) is 0 Å². The van der Waals surface area contributed by atoms with Gasteiger partial charge in [0.2, 0.25) is 5.91 Å². The fraction of sp³-hybridized carbons (Fsp3) is 0.483. The third-order valence-electron chi connectivity index (χ3n) is 7.46. The highest BCUT2D eigenvalue weighted by molar-refractivity contribution is 5.73. The van der Waals surface area contributed by atoms with Crippen LogP contribution in [0.3, 0.4) is 0 Å². The maximum Gasteiger partial charge on any atom is 0.416 e. The van der Waals surface area contributed by atoms with Gasteiger partial charge in [-0.05, 0) is 86.9 Å². The molecule has 5 atom stereocenters. The Morgan fingerprint density at radius 3 is 2.10 bits per heavy atom. The summed E-state index contributed by atoms with van der Waals surface area (Å²) in [7, 11) is 0. The van der Waals surface area contributed by atoms with Crippen molar-refractivity contribution < 1.29 is 40.3 Å². The zero-order valence-corrected chi connectivity index (χ0v) is 21.9. The number of hydrogen-bond donors (Lipinski definition) is 1. The van der Waals surface area contributed by atoms with Crippen molar-refractivity contribution in [3.63, 3.8) is 0 Å². The van der Waals surface area contributed by atoms with Crippen LogP contribution in [0, 0.1) is 11.7 Å². The van der Waals surface area contributed by atoms with Crippen LogP contribution in [0.2, 0.25) is 0 Å². The van der Waals surface area contributed by atoms with Gasteiger partial charge in [0.15, 0.2) is 0 Å². The Kier molecular flexibility index (Phi) is 9.20. The molecule has 0 spiro atoms. The van der Waals surface area contributed by atoms with Crippen LogP contribution < -0.4 is 5.32 Å². The molecule has 214 valence electrons. The van der Waals surface area contributed by atoms with E-state index in [-0.39, 0.29) is 23.5 Å². The van der Waals surface area contributed by atoms with Crippen molar-refractivity contribution in [1.82, 2.24) is 5.32 Å². The highest BCUT2D eigenvalue weighted by Crippen LogP contribution is 2.49. The van der Waals surface area contributed by atoms with E-state index < -0.39 is 53.0 Å². The van der Waals surface area contributed by atoms with Gasteiger partial charge in [-0.3, -0.25) is 4.79 Å². The minimum atomic E-state index is -4.98. The Morgan fingerprint density at radius 2 is 1.62 bits per heavy atom. The molecule has 3 rings (SSSR count). The zero-order valence-electron chi connectivity index (χ0n) is 21.9. The zero-order chi connectivity index (χ0) is 29.2. The molecule has 0 aromatic heterocycles. The first-order chi connectivity index (χ1) is 18.0. The predicted molar refractivity (Wildman–Crippen MR) is 133 cm³/mol. The van der Waals surface area contributed by atoms with Crippen LogP contribution in [0.15, 0.2) is 55.1 Å². The molecular weight excluding hydrogens is 527 g/mol. The van der Waals surface area contributed by atoms with Crippen LogP contribution in [-0.4, -0.2) is 17.6 Å². The number of carbonyl (C=O) groups is 1. The molecule has 39 heavy (non-hydrogen) atoms. The number of alkyl halides is 6. The number of hydrogen-bond acceptors (Lipinski definition) is 2. The van der Waals surface area contributed by atoms with Crippen molar-refractivity contribution in [1.29, 1.82) is 0 Å². The van der Waals surface area contributed by atoms with Crippen molar-refractivity contribution in [2.24, 2.45) is 5.92 Å². The molecule has 1 N–H and O–H groups in total. The van der Waals surface area contributed by atoms with E-state index in [1.54, 1.807) is 18.2 Å². The molecule has 1 aliphatic carbocycles. The molecule has 0 heterocycles. The average molecular weight is 560 g/mol. The van der Waals surface area contributed by atoms with Gasteiger partial charge in [-0.15, -0.1) is 6.58 Å². The number of carbonyl (C=O) groups excluding carboxylic acids is 1. The Morgan fingerprint density at radius 1 is 1.05 bits per heavy atom. The van der Waals surface area contributed by atoms with E-state index in [0.717, 1.165) is 0 Å². The van der Waals surface area contributed by atoms with Crippen LogP contribution in [-0.2, 0) is 21.9 Å². The van der Waals surface area contributed by atoms with Crippen molar-refractivity contribution in [3.05, 3.63) is 83.2 Å². The van der Waals surface area contributed by atoms with E-state index in [1.807, 2.05) is 6.92 Å². The van der Waals surface area contributed by atoms with Crippen LogP contribution in [0.1, 0.15) is 80.7 Å². The van der Waals surface area contributed by atoms with Crippen LogP contribution in [0.4, 0.5) is 30.7 Å². The number of halogens is 7. The third kappa shape index (κ3) is 7.41. The summed E-state index contributed by atoms with van der Waals surface area (Å²) in [4.78, 5) is 12.1. The molecule has 1 saturated carbocycles. The fourth-order valence-corrected chi connectivity index (χ4v) is 5.66. The number of nitrogens with one attached hydrogen (secondary N) is 1. The Balaban J connectivity index is 2.01. The molecule has 1 amide bonds. The predicted octanol–water partition coefficient (Wildman–Crippen LogP) is 8.36. The van der Waals surface area contributed by atoms with Gasteiger partial charge >= 0.3 is 12.4 Å². The van der Waals surface area contributed by atoms with Crippen LogP contribution in [0.25, 0.3) is 0 Å². The Labute approximate surface area is 223 Å². The van der Waals surface area contributed by atoms with Gasteiger partial charge in [-0.25, -0.2) is 4.39 Å². The molecule has 0 bridgehead atoms. The normalized spacial score (nSPS) is 22.3. The summed E-state index contributed by atoms with van der Waals surface area (Å²) in [5, 5.41) is 3.03. The summed E-state index contributed by atoms with van der Waals surface area (Å²) >= 11 is 0. The Bertz CT molecular complexity index is 1130. The standard InChI is InChI=1S/C29H32F7NO2/c1-5-6-13-27(4,37-18(3)38)24-11-12-25(26(24)19-7-9-23(30)10-8-19)39-17(2)20-14-21(28(31,32)33)16-22(15-20)29(34,35)36/h5,7-10,14-17,24-26H,1,6,11-13H2,2-4H3,(H,37,38)/t17-,24-,25+,26+,27-/m1/s1. The molecule has 2 aromatic rings. The number of rotatable bonds is 9. The molecule has 0 radical (unpaired) electrons. The molecule has 2 aromatic carbocycles. The number of allylic oxidation sites excluding steroid dienone is 1. The van der Waals surface area contributed by atoms with Crippen molar-refractivity contribution in [2.75, 3.05) is 0 Å². The van der Waals surface area contributed by atoms with E-state index in [9.17, 15) is 35.5 Å². The van der Waals surface area contributed by atoms with E-state index in [2.05, 4.69) is 11.9 Å². The molecule has 1 fully saturated rings. The summed E-state index contributed by atoms with van der Waals surface area (Å²) in [5.41, 5.74) is -3.10. The van der Waals surface area contributed by atoms with Gasteiger partial charge in [0.1, 0.15) is 5.82 Å². The quantitative estimate of drug-likeness (QED) is 0.248. The monoisotopic (exact) mass is 559 g/mol. The molecule has 0 saturated heterocycles. The molecule has 10 heteroatoms. The lowest BCUT2D eigenvalue weighted by atomic mass is 9.73. The van der Waals surface area contributed by atoms with Crippen molar-refractivity contribution in [3.8, 4) is 0 Å². The first-order valence-corrected chi connectivity index (χ1v) is 12.6. The Hall–Kier alpha value is -2.88. The SMILES string of the molecule is C=CCC[C@@](C)(NC(C)=O)[C@@H]1CC[C@H](O[C@H](C)c2cc(C(F)(F)F)cc(C(F)(F)F)c2)[C@H]1c1ccc(F)cc1. The van der Waals surface area contributed by atoms with Crippen molar-refractivity contribution in [2.45, 2.75) is 82.5 Å². The first kappa shape index (κ1) is 30.7. The maximum absolute atomic E-state index is 13.8. The second-order valence-corrected chi connectivity index (χ2v) is 10.3. The fourth-order valence-electron chi connectivity index (χ4n) is 5.66. The van der Waals surface area contributed by atoms with Crippen LogP contribution in [0.5, 0.6) is 0 Å². The van der Waals surface area contributed by atoms with Crippen molar-refractivity contribution >= 4 is 5.91 Å². The largest absolute Gasteiger partial charge is 0.416 e. The van der Waals surface area contributed by atoms with E-state index in [1.165, 1.54) is 26.0 Å². The van der Waals surface area contributed by atoms with Gasteiger partial charge in [0.05, 0.1) is 23.3 Å². The number of benzene rings is 2. The number of ether oxygens (including phenoxy) is 1. The number of amides is 1. The van der Waals surface area contributed by atoms with Gasteiger partial charge in [-0.1, -0.05) is 18.2 Å². The highest BCUT2D eigenvalue weighted by Gasteiger charge is 2.48. The summed E-state index contributed by atoms with van der Waals surface area (Å²) < 4.78 is 101. The topological polar surface area (TPSA) is 38.3 Å². The highest BCUT2D eigenvalue weighted by atomic mass is 19.4. The molecule has 0 unspecified atom stereocenters. The van der Waals surface area contributed by atoms with Gasteiger partial charge in [0, 0.05) is 18.4 Å². The lowest BCUT2D eigenvalue weighted by molar-refractivity contribution is -0.143. The van der Waals surface area contributed by atoms with Gasteiger partial charge < -0.3 is 10.1 Å². The molecule has 3 nitrogen and oxygen atoms in total. The third-order valence-corrected chi connectivity index (χ3v) is 7.46. The first-order valence-electron chi connectivity index (χ1n) is 12.6. The minimum Gasteiger partial charge on any atom is -0.370 e. The average Bonchev–Trinajstić information content (AvgIpc) is 3.25. The second kappa shape index (κ2) is 11.7. The van der Waals surface area contributed by atoms with Gasteiger partial charge in [-0.2, -0.15) is 26.3 Å². The summed E-state index contributed by atoms with van der Waals surface area (Å²) in [6, 6.07) is 7.18. The lowest BCUT2D eigenvalue weighted by Crippen LogP contribution is -2.52. The second-order valence-electron chi connectivity index (χ2n) is 10.3. The van der Waals surface area contributed by atoms with Crippen LogP contribution >= 0.6 is 0 Å². The smallest absolute Gasteiger partial charge is 0.370 e. The minimum absolute atomic E-state index is 0.0849. The maximum atomic E-state index is 13.8. The summed E-state index contributed by atoms with van der Waals surface area (Å²) in [6.45, 7) is 8.46. The van der Waals surface area contributed by atoms with E-state index >= 15 is 0 Å². The summed E-state index contributed by atoms with van der Waals surface area (Å²) in [6.07, 6.45) is -7.82. The molecule has 1 aliphatic rings. The lowest BCUT2D eigenvalue weighted by Gasteiger charge is -2.41. The molecular formula is C29H32F7NO2. The summed E-state index contributed by atoms with van der Waals surface area (Å²) in [5.74, 6) is -1.33. The van der Waals surface area contributed by atoms with E-state index in [4.69, 9.17) is 4.74 Å².